The number of carbonyl (C=O) groups is 1. The third-order valence-corrected chi connectivity index (χ3v) is 2.81. The standard InChI is InChI=1S/C15H23NO3/c1-12(2)15(13-7-5-4-6-8-13)16-14(17)11-19-10-9-18-3/h4-8,12,15H,9-11H2,1-3H3,(H,16,17). The predicted octanol–water partition coefficient (Wildman–Crippen LogP) is 2.16. The van der Waals surface area contributed by atoms with Gasteiger partial charge >= 0.3 is 0 Å². The van der Waals surface area contributed by atoms with Crippen LogP contribution in [0.5, 0.6) is 0 Å². The maximum atomic E-state index is 11.8. The van der Waals surface area contributed by atoms with Gasteiger partial charge in [-0.3, -0.25) is 4.79 Å². The van der Waals surface area contributed by atoms with Crippen LogP contribution in [0.2, 0.25) is 0 Å². The van der Waals surface area contributed by atoms with Crippen LogP contribution in [-0.4, -0.2) is 32.8 Å². The Labute approximate surface area is 115 Å². The van der Waals surface area contributed by atoms with Crippen molar-refractivity contribution in [2.24, 2.45) is 5.92 Å². The maximum absolute atomic E-state index is 11.8. The van der Waals surface area contributed by atoms with Gasteiger partial charge < -0.3 is 14.8 Å². The predicted molar refractivity (Wildman–Crippen MR) is 74.9 cm³/mol. The van der Waals surface area contributed by atoms with Crippen LogP contribution in [-0.2, 0) is 14.3 Å². The van der Waals surface area contributed by atoms with Crippen LogP contribution in [0.4, 0.5) is 0 Å². The quantitative estimate of drug-likeness (QED) is 0.733. The highest BCUT2D eigenvalue weighted by Crippen LogP contribution is 2.20. The number of carbonyl (C=O) groups excluding carboxylic acids is 1. The molecule has 0 saturated carbocycles. The SMILES string of the molecule is COCCOCC(=O)NC(c1ccccc1)C(C)C. The van der Waals surface area contributed by atoms with Crippen molar-refractivity contribution in [1.82, 2.24) is 5.32 Å². The van der Waals surface area contributed by atoms with Crippen LogP contribution >= 0.6 is 0 Å². The third-order valence-electron chi connectivity index (χ3n) is 2.81. The lowest BCUT2D eigenvalue weighted by Crippen LogP contribution is -2.34. The number of rotatable bonds is 8. The van der Waals surface area contributed by atoms with Crippen molar-refractivity contribution in [3.05, 3.63) is 35.9 Å². The minimum Gasteiger partial charge on any atom is -0.382 e. The lowest BCUT2D eigenvalue weighted by Gasteiger charge is -2.22. The molecule has 0 spiro atoms. The van der Waals surface area contributed by atoms with Gasteiger partial charge in [0, 0.05) is 7.11 Å². The Morgan fingerprint density at radius 3 is 2.47 bits per heavy atom. The molecular weight excluding hydrogens is 242 g/mol. The fraction of sp³-hybridized carbons (Fsp3) is 0.533. The van der Waals surface area contributed by atoms with E-state index in [2.05, 4.69) is 19.2 Å². The Morgan fingerprint density at radius 1 is 1.21 bits per heavy atom. The molecule has 1 N–H and O–H groups in total. The molecule has 4 nitrogen and oxygen atoms in total. The van der Waals surface area contributed by atoms with Crippen LogP contribution < -0.4 is 5.32 Å². The second-order valence-corrected chi connectivity index (χ2v) is 4.75. The number of methoxy groups -OCH3 is 1. The number of hydrogen-bond donors (Lipinski definition) is 1. The van der Waals surface area contributed by atoms with E-state index in [4.69, 9.17) is 9.47 Å². The van der Waals surface area contributed by atoms with Gasteiger partial charge in [0.25, 0.3) is 0 Å². The van der Waals surface area contributed by atoms with E-state index >= 15 is 0 Å². The summed E-state index contributed by atoms with van der Waals surface area (Å²) < 4.78 is 10.1. The zero-order chi connectivity index (χ0) is 14.1. The summed E-state index contributed by atoms with van der Waals surface area (Å²) in [6.45, 7) is 5.17. The van der Waals surface area contributed by atoms with Crippen molar-refractivity contribution in [3.8, 4) is 0 Å². The van der Waals surface area contributed by atoms with Gasteiger partial charge in [0.05, 0.1) is 19.3 Å². The molecule has 4 heteroatoms. The van der Waals surface area contributed by atoms with E-state index in [0.29, 0.717) is 19.1 Å². The largest absolute Gasteiger partial charge is 0.382 e. The van der Waals surface area contributed by atoms with Crippen LogP contribution in [0.25, 0.3) is 0 Å². The molecule has 19 heavy (non-hydrogen) atoms. The van der Waals surface area contributed by atoms with Gasteiger partial charge in [0.2, 0.25) is 5.91 Å². The molecule has 0 aliphatic rings. The van der Waals surface area contributed by atoms with E-state index in [1.807, 2.05) is 30.3 Å². The van der Waals surface area contributed by atoms with Gasteiger partial charge in [-0.1, -0.05) is 44.2 Å². The smallest absolute Gasteiger partial charge is 0.246 e. The first-order valence-corrected chi connectivity index (χ1v) is 6.56. The molecule has 1 atom stereocenters. The van der Waals surface area contributed by atoms with Crippen molar-refractivity contribution in [2.45, 2.75) is 19.9 Å². The van der Waals surface area contributed by atoms with E-state index in [9.17, 15) is 4.79 Å². The van der Waals surface area contributed by atoms with E-state index < -0.39 is 0 Å². The zero-order valence-electron chi connectivity index (χ0n) is 11.9. The molecule has 1 amide bonds. The van der Waals surface area contributed by atoms with Gasteiger partial charge in [0.1, 0.15) is 6.61 Å². The molecule has 1 rings (SSSR count). The highest BCUT2D eigenvalue weighted by Gasteiger charge is 2.17. The first kappa shape index (κ1) is 15.7. The molecule has 0 fully saturated rings. The average Bonchev–Trinajstić information content (AvgIpc) is 2.41. The molecule has 0 heterocycles. The third kappa shape index (κ3) is 5.85. The van der Waals surface area contributed by atoms with Crippen LogP contribution in [0.1, 0.15) is 25.5 Å². The van der Waals surface area contributed by atoms with Gasteiger partial charge in [-0.2, -0.15) is 0 Å². The van der Waals surface area contributed by atoms with E-state index in [1.54, 1.807) is 7.11 Å². The highest BCUT2D eigenvalue weighted by molar-refractivity contribution is 5.77. The number of hydrogen-bond acceptors (Lipinski definition) is 3. The fourth-order valence-corrected chi connectivity index (χ4v) is 1.82. The van der Waals surface area contributed by atoms with Gasteiger partial charge in [-0.05, 0) is 11.5 Å². The maximum Gasteiger partial charge on any atom is 0.246 e. The van der Waals surface area contributed by atoms with Crippen molar-refractivity contribution in [3.63, 3.8) is 0 Å². The van der Waals surface area contributed by atoms with Crippen molar-refractivity contribution >= 4 is 5.91 Å². The minimum atomic E-state index is -0.0985. The number of amides is 1. The van der Waals surface area contributed by atoms with Crippen molar-refractivity contribution in [2.75, 3.05) is 26.9 Å². The Balaban J connectivity index is 2.48. The molecule has 0 aromatic heterocycles. The van der Waals surface area contributed by atoms with Gasteiger partial charge in [0.15, 0.2) is 0 Å². The summed E-state index contributed by atoms with van der Waals surface area (Å²) in [7, 11) is 1.60. The molecule has 1 aromatic carbocycles. The van der Waals surface area contributed by atoms with Crippen LogP contribution in [0.15, 0.2) is 30.3 Å². The summed E-state index contributed by atoms with van der Waals surface area (Å²) in [5.74, 6) is 0.226. The van der Waals surface area contributed by atoms with E-state index in [1.165, 1.54) is 0 Å². The molecule has 0 radical (unpaired) electrons. The lowest BCUT2D eigenvalue weighted by molar-refractivity contribution is -0.127. The fourth-order valence-electron chi connectivity index (χ4n) is 1.82. The molecule has 0 bridgehead atoms. The molecular formula is C15H23NO3. The van der Waals surface area contributed by atoms with Gasteiger partial charge in [-0.15, -0.1) is 0 Å². The minimum absolute atomic E-state index is 0.0136. The number of nitrogens with one attached hydrogen (secondary N) is 1. The number of ether oxygens (including phenoxy) is 2. The van der Waals surface area contributed by atoms with Crippen molar-refractivity contribution in [1.29, 1.82) is 0 Å². The molecule has 0 aliphatic carbocycles. The van der Waals surface area contributed by atoms with E-state index in [0.717, 1.165) is 5.56 Å². The monoisotopic (exact) mass is 265 g/mol. The Hall–Kier alpha value is -1.39. The second kappa shape index (κ2) is 8.67. The first-order valence-electron chi connectivity index (χ1n) is 6.56. The summed E-state index contributed by atoms with van der Waals surface area (Å²) in [5.41, 5.74) is 1.11. The lowest BCUT2D eigenvalue weighted by atomic mass is 9.96. The Kier molecular flexibility index (Phi) is 7.15. The molecule has 1 unspecified atom stereocenters. The second-order valence-electron chi connectivity index (χ2n) is 4.75. The van der Waals surface area contributed by atoms with Gasteiger partial charge in [-0.25, -0.2) is 0 Å². The Bertz CT molecular complexity index is 365. The summed E-state index contributed by atoms with van der Waals surface area (Å²) in [5, 5.41) is 3.00. The van der Waals surface area contributed by atoms with E-state index in [-0.39, 0.29) is 18.6 Å². The molecule has 1 aromatic rings. The van der Waals surface area contributed by atoms with Crippen LogP contribution in [0, 0.1) is 5.92 Å². The van der Waals surface area contributed by atoms with Crippen LogP contribution in [0.3, 0.4) is 0 Å². The Morgan fingerprint density at radius 2 is 1.89 bits per heavy atom. The summed E-state index contributed by atoms with van der Waals surface area (Å²) in [6, 6.07) is 9.99. The summed E-state index contributed by atoms with van der Waals surface area (Å²) in [4.78, 5) is 11.8. The normalized spacial score (nSPS) is 12.4. The molecule has 106 valence electrons. The zero-order valence-corrected chi connectivity index (χ0v) is 11.9. The summed E-state index contributed by atoms with van der Waals surface area (Å²) in [6.07, 6.45) is 0. The average molecular weight is 265 g/mol. The topological polar surface area (TPSA) is 47.6 Å². The molecule has 0 saturated heterocycles. The van der Waals surface area contributed by atoms with Crippen molar-refractivity contribution < 1.29 is 14.3 Å². The number of benzene rings is 1. The first-order chi connectivity index (χ1) is 9.15. The summed E-state index contributed by atoms with van der Waals surface area (Å²) >= 11 is 0. The molecule has 0 aliphatic heterocycles. The highest BCUT2D eigenvalue weighted by atomic mass is 16.5.